The van der Waals surface area contributed by atoms with Crippen molar-refractivity contribution >= 4 is 17.3 Å². The molecule has 2 fully saturated rings. The summed E-state index contributed by atoms with van der Waals surface area (Å²) in [6.07, 6.45) is 0.793. The molecular formula is C44H57N3O6. The maximum atomic E-state index is 12.0. The Kier molecular flexibility index (Phi) is 13.5. The van der Waals surface area contributed by atoms with Gasteiger partial charge in [0, 0.05) is 17.4 Å². The van der Waals surface area contributed by atoms with Crippen molar-refractivity contribution < 1.29 is 28.5 Å². The highest BCUT2D eigenvalue weighted by atomic mass is 16.6. The number of carbonyl (C=O) groups is 1. The molecule has 53 heavy (non-hydrogen) atoms. The number of carbonyl (C=O) groups excluding carboxylic acids is 1. The summed E-state index contributed by atoms with van der Waals surface area (Å²) in [6, 6.07) is 32.6. The summed E-state index contributed by atoms with van der Waals surface area (Å²) in [5.74, 6) is 3.52. The molecule has 2 saturated heterocycles. The van der Waals surface area contributed by atoms with E-state index >= 15 is 0 Å². The van der Waals surface area contributed by atoms with Gasteiger partial charge in [0.15, 0.2) is 0 Å². The molecule has 4 aromatic carbocycles. The fourth-order valence-corrected chi connectivity index (χ4v) is 6.15. The van der Waals surface area contributed by atoms with Crippen LogP contribution in [-0.2, 0) is 9.53 Å². The van der Waals surface area contributed by atoms with Gasteiger partial charge in [0.05, 0.1) is 45.8 Å². The van der Waals surface area contributed by atoms with E-state index in [9.17, 15) is 4.79 Å². The van der Waals surface area contributed by atoms with Crippen molar-refractivity contribution in [2.45, 2.75) is 84.7 Å². The molecule has 0 saturated carbocycles. The molecule has 0 radical (unpaired) electrons. The maximum absolute atomic E-state index is 12.0. The predicted molar refractivity (Wildman–Crippen MR) is 213 cm³/mol. The summed E-state index contributed by atoms with van der Waals surface area (Å²) in [5.41, 5.74) is 10.0. The van der Waals surface area contributed by atoms with Crippen LogP contribution in [0, 0.1) is 0 Å². The van der Waals surface area contributed by atoms with Crippen LogP contribution in [0.25, 0.3) is 0 Å². The summed E-state index contributed by atoms with van der Waals surface area (Å²) in [4.78, 5) is 16.6. The molecule has 2 atom stereocenters. The molecule has 0 aromatic heterocycles. The average molecular weight is 724 g/mol. The fourth-order valence-electron chi connectivity index (χ4n) is 6.15. The van der Waals surface area contributed by atoms with Crippen LogP contribution in [-0.4, -0.2) is 63.2 Å². The largest absolute Gasteiger partial charge is 0.494 e. The monoisotopic (exact) mass is 723 g/mol. The van der Waals surface area contributed by atoms with E-state index < -0.39 is 5.60 Å². The van der Waals surface area contributed by atoms with E-state index in [1.165, 1.54) is 11.4 Å². The van der Waals surface area contributed by atoms with Gasteiger partial charge in [-0.3, -0.25) is 4.79 Å². The van der Waals surface area contributed by atoms with Crippen molar-refractivity contribution in [2.24, 2.45) is 5.73 Å². The molecule has 2 heterocycles. The van der Waals surface area contributed by atoms with Gasteiger partial charge in [0.2, 0.25) is 0 Å². The van der Waals surface area contributed by atoms with Crippen LogP contribution < -0.4 is 34.5 Å². The third kappa shape index (κ3) is 11.8. The molecule has 0 spiro atoms. The number of nitrogens with zero attached hydrogens (tertiary/aromatic N) is 2. The summed E-state index contributed by atoms with van der Waals surface area (Å²) < 4.78 is 28.5. The summed E-state index contributed by atoms with van der Waals surface area (Å²) in [7, 11) is 0. The first-order valence-electron chi connectivity index (χ1n) is 18.8. The van der Waals surface area contributed by atoms with E-state index in [0.29, 0.717) is 19.6 Å². The Bertz CT molecular complexity index is 1690. The number of ether oxygens (including phenoxy) is 5. The summed E-state index contributed by atoms with van der Waals surface area (Å²) in [6.45, 7) is 18.6. The molecule has 0 unspecified atom stereocenters. The minimum Gasteiger partial charge on any atom is -0.494 e. The minimum atomic E-state index is -0.448. The van der Waals surface area contributed by atoms with Crippen LogP contribution in [0.3, 0.4) is 0 Å². The first-order valence-corrected chi connectivity index (χ1v) is 18.8. The topological polar surface area (TPSA) is 95.7 Å². The molecule has 0 amide bonds. The normalized spacial score (nSPS) is 15.5. The Morgan fingerprint density at radius 1 is 0.642 bits per heavy atom. The molecule has 2 N–H and O–H groups in total. The van der Waals surface area contributed by atoms with Gasteiger partial charge in [-0.05, 0) is 131 Å². The van der Waals surface area contributed by atoms with Gasteiger partial charge in [-0.1, -0.05) is 31.2 Å². The van der Waals surface area contributed by atoms with Crippen LogP contribution in [0.4, 0.5) is 11.4 Å². The Hall–Kier alpha value is -4.89. The highest BCUT2D eigenvalue weighted by Crippen LogP contribution is 2.29. The van der Waals surface area contributed by atoms with Gasteiger partial charge >= 0.3 is 5.97 Å². The standard InChI is InChI=1S/C25H33NO4.C19H24N2O2/c1-6-28-21-13-9-20(10-14-21)26-16-23(17-26)29-22-11-7-19(8-12-22)18(2)15-24(27)30-25(3,4)5;1-3-22-17-10-6-16(7-11-17)21-12-19(13-21)23-18-8-4-15(5-9-18)14(2)20/h7-14,18,23H,6,15-17H2,1-5H3;4-11,14,19H,3,12-13,20H2,1-2H3/t18-;14-/m10/s1. The average Bonchev–Trinajstić information content (AvgIpc) is 3.09. The fraction of sp³-hybridized carbons (Fsp3) is 0.432. The summed E-state index contributed by atoms with van der Waals surface area (Å²) in [5, 5.41) is 0. The Morgan fingerprint density at radius 3 is 1.38 bits per heavy atom. The van der Waals surface area contributed by atoms with Crippen LogP contribution in [0.2, 0.25) is 0 Å². The molecule has 4 aromatic rings. The van der Waals surface area contributed by atoms with Gasteiger partial charge in [-0.15, -0.1) is 0 Å². The quantitative estimate of drug-likeness (QED) is 0.128. The third-order valence-electron chi connectivity index (χ3n) is 9.08. The Balaban J connectivity index is 0.000000211. The predicted octanol–water partition coefficient (Wildman–Crippen LogP) is 8.56. The number of rotatable bonds is 14. The zero-order valence-corrected chi connectivity index (χ0v) is 32.4. The second-order valence-electron chi connectivity index (χ2n) is 14.8. The first kappa shape index (κ1) is 39.3. The smallest absolute Gasteiger partial charge is 0.306 e. The highest BCUT2D eigenvalue weighted by molar-refractivity contribution is 5.71. The van der Waals surface area contributed by atoms with E-state index in [4.69, 9.17) is 29.4 Å². The highest BCUT2D eigenvalue weighted by Gasteiger charge is 2.30. The number of benzene rings is 4. The van der Waals surface area contributed by atoms with Crippen molar-refractivity contribution in [1.82, 2.24) is 0 Å². The SMILES string of the molecule is CCOc1ccc(N2CC(Oc3ccc([C@H](C)CC(=O)OC(C)(C)C)cc3)C2)cc1.CCOc1ccc(N2CC(Oc3ccc([C@H](C)N)cc3)C2)cc1. The van der Waals surface area contributed by atoms with Crippen LogP contribution in [0.5, 0.6) is 23.0 Å². The molecule has 0 aliphatic carbocycles. The third-order valence-corrected chi connectivity index (χ3v) is 9.08. The van der Waals surface area contributed by atoms with Gasteiger partial charge in [0.1, 0.15) is 40.8 Å². The van der Waals surface area contributed by atoms with Gasteiger partial charge in [-0.2, -0.15) is 0 Å². The zero-order chi connectivity index (χ0) is 38.0. The molecule has 6 rings (SSSR count). The Labute approximate surface area is 315 Å². The van der Waals surface area contributed by atoms with Gasteiger partial charge in [-0.25, -0.2) is 0 Å². The number of anilines is 2. The van der Waals surface area contributed by atoms with E-state index in [2.05, 4.69) is 34.1 Å². The molecule has 9 heteroatoms. The minimum absolute atomic E-state index is 0.0582. The van der Waals surface area contributed by atoms with Crippen molar-refractivity contribution in [3.05, 3.63) is 108 Å². The van der Waals surface area contributed by atoms with E-state index in [1.807, 2.05) is 121 Å². The molecule has 284 valence electrons. The van der Waals surface area contributed by atoms with Gasteiger partial charge in [0.25, 0.3) is 0 Å². The van der Waals surface area contributed by atoms with Gasteiger partial charge < -0.3 is 39.2 Å². The van der Waals surface area contributed by atoms with Crippen molar-refractivity contribution in [2.75, 3.05) is 49.2 Å². The Morgan fingerprint density at radius 2 is 1.02 bits per heavy atom. The number of hydrogen-bond donors (Lipinski definition) is 1. The van der Waals surface area contributed by atoms with Crippen molar-refractivity contribution in [3.8, 4) is 23.0 Å². The van der Waals surface area contributed by atoms with E-state index in [0.717, 1.165) is 60.3 Å². The van der Waals surface area contributed by atoms with Crippen LogP contribution in [0.15, 0.2) is 97.1 Å². The molecule has 2 aliphatic rings. The van der Waals surface area contributed by atoms with Crippen molar-refractivity contribution in [1.29, 1.82) is 0 Å². The lowest BCUT2D eigenvalue weighted by molar-refractivity contribution is -0.155. The van der Waals surface area contributed by atoms with Crippen LogP contribution in [0.1, 0.15) is 78.0 Å². The lowest BCUT2D eigenvalue weighted by Gasteiger charge is -2.40. The van der Waals surface area contributed by atoms with E-state index in [1.54, 1.807) is 0 Å². The lowest BCUT2D eigenvalue weighted by atomic mass is 9.97. The lowest BCUT2D eigenvalue weighted by Crippen LogP contribution is -2.54. The molecule has 2 aliphatic heterocycles. The number of esters is 1. The molecule has 0 bridgehead atoms. The maximum Gasteiger partial charge on any atom is 0.306 e. The second-order valence-corrected chi connectivity index (χ2v) is 14.8. The second kappa shape index (κ2) is 18.2. The van der Waals surface area contributed by atoms with Crippen LogP contribution >= 0.6 is 0 Å². The zero-order valence-electron chi connectivity index (χ0n) is 32.4. The molecular weight excluding hydrogens is 666 g/mol. The number of hydrogen-bond acceptors (Lipinski definition) is 9. The first-order chi connectivity index (χ1) is 25.4. The van der Waals surface area contributed by atoms with Crippen molar-refractivity contribution in [3.63, 3.8) is 0 Å². The molecule has 9 nitrogen and oxygen atoms in total. The number of nitrogens with two attached hydrogens (primary N) is 1. The van der Waals surface area contributed by atoms with E-state index in [-0.39, 0.29) is 30.1 Å². The summed E-state index contributed by atoms with van der Waals surface area (Å²) >= 11 is 0.